The van der Waals surface area contributed by atoms with Crippen LogP contribution in [0.3, 0.4) is 0 Å². The number of rotatable bonds is 1. The highest BCUT2D eigenvalue weighted by atomic mass is 35.5. The van der Waals surface area contributed by atoms with Crippen LogP contribution in [-0.4, -0.2) is 41.8 Å². The molecule has 3 aliphatic heterocycles. The Morgan fingerprint density at radius 3 is 2.92 bits per heavy atom. The van der Waals surface area contributed by atoms with E-state index in [1.165, 1.54) is 27.9 Å². The van der Waals surface area contributed by atoms with Gasteiger partial charge in [-0.25, -0.2) is 4.79 Å². The van der Waals surface area contributed by atoms with Crippen LogP contribution >= 0.6 is 11.6 Å². The molecule has 4 nitrogen and oxygen atoms in total. The number of piperidine rings is 1. The predicted molar refractivity (Wildman–Crippen MR) is 103 cm³/mol. The van der Waals surface area contributed by atoms with E-state index in [1.54, 1.807) is 4.90 Å². The highest BCUT2D eigenvalue weighted by Crippen LogP contribution is 2.51. The minimum absolute atomic E-state index is 0.272. The zero-order chi connectivity index (χ0) is 18.0. The summed E-state index contributed by atoms with van der Waals surface area (Å²) in [5.74, 6) is 0.272. The maximum absolute atomic E-state index is 11.5. The second kappa shape index (κ2) is 5.65. The molecule has 1 saturated heterocycles. The van der Waals surface area contributed by atoms with Gasteiger partial charge in [0.2, 0.25) is 0 Å². The molecule has 2 atom stereocenters. The molecule has 3 heterocycles. The average Bonchev–Trinajstić information content (AvgIpc) is 3.19. The number of carbonyl (C=O) groups is 1. The van der Waals surface area contributed by atoms with E-state index in [1.807, 2.05) is 12.1 Å². The van der Waals surface area contributed by atoms with E-state index in [9.17, 15) is 9.90 Å². The van der Waals surface area contributed by atoms with Crippen molar-refractivity contribution in [2.45, 2.75) is 31.7 Å². The predicted octanol–water partition coefficient (Wildman–Crippen LogP) is 4.53. The molecule has 26 heavy (non-hydrogen) atoms. The van der Waals surface area contributed by atoms with Crippen molar-refractivity contribution in [2.75, 3.05) is 24.5 Å². The molecule has 134 valence electrons. The maximum Gasteiger partial charge on any atom is 0.407 e. The van der Waals surface area contributed by atoms with E-state index < -0.39 is 6.09 Å². The Morgan fingerprint density at radius 2 is 2.12 bits per heavy atom. The number of benzene rings is 2. The van der Waals surface area contributed by atoms with E-state index >= 15 is 0 Å². The molecule has 5 rings (SSSR count). The zero-order valence-electron chi connectivity index (χ0n) is 14.7. The number of carboxylic acid groups (broad SMARTS) is 1. The van der Waals surface area contributed by atoms with Gasteiger partial charge < -0.3 is 14.9 Å². The number of amides is 1. The van der Waals surface area contributed by atoms with Crippen LogP contribution in [0.4, 0.5) is 10.5 Å². The van der Waals surface area contributed by atoms with Crippen molar-refractivity contribution in [1.82, 2.24) is 4.90 Å². The lowest BCUT2D eigenvalue weighted by atomic mass is 9.85. The van der Waals surface area contributed by atoms with Gasteiger partial charge >= 0.3 is 6.09 Å². The molecule has 1 amide bonds. The maximum atomic E-state index is 11.5. The lowest BCUT2D eigenvalue weighted by Gasteiger charge is -2.37. The molecular formula is C21H21ClN2O2. The van der Waals surface area contributed by atoms with E-state index in [0.717, 1.165) is 30.0 Å². The Morgan fingerprint density at radius 1 is 1.27 bits per heavy atom. The van der Waals surface area contributed by atoms with Gasteiger partial charge in [0.15, 0.2) is 0 Å². The van der Waals surface area contributed by atoms with Crippen LogP contribution in [0.1, 0.15) is 29.0 Å². The van der Waals surface area contributed by atoms with Gasteiger partial charge in [-0.3, -0.25) is 0 Å². The molecule has 3 aliphatic rings. The molecule has 0 unspecified atom stereocenters. The summed E-state index contributed by atoms with van der Waals surface area (Å²) in [6, 6.07) is 11.1. The molecule has 0 spiro atoms. The zero-order valence-corrected chi connectivity index (χ0v) is 15.5. The Balaban J connectivity index is 1.63. The first kappa shape index (κ1) is 16.0. The Bertz CT molecular complexity index is 926. The smallest absolute Gasteiger partial charge is 0.407 e. The van der Waals surface area contributed by atoms with Gasteiger partial charge in [-0.15, -0.1) is 0 Å². The third-order valence-corrected chi connectivity index (χ3v) is 6.76. The fraction of sp³-hybridized carbons (Fsp3) is 0.381. The number of hydrogen-bond donors (Lipinski definition) is 1. The summed E-state index contributed by atoms with van der Waals surface area (Å²) in [6.07, 6.45) is 1.18. The summed E-state index contributed by atoms with van der Waals surface area (Å²) in [5.41, 5.74) is 7.56. The van der Waals surface area contributed by atoms with E-state index in [4.69, 9.17) is 11.6 Å². The van der Waals surface area contributed by atoms with Crippen molar-refractivity contribution >= 4 is 23.4 Å². The van der Waals surface area contributed by atoms with Crippen LogP contribution < -0.4 is 4.90 Å². The largest absolute Gasteiger partial charge is 0.465 e. The summed E-state index contributed by atoms with van der Waals surface area (Å²) in [6.45, 7) is 4.35. The standard InChI is InChI=1S/C21H21ClN2O2/c1-12-15(3-2-4-18(12)22)14-9-13-5-8-24-19-6-7-23(21(25)26)11-17(19)16(10-14)20(13)24/h2-4,9-10,17,19H,5-8,11H2,1H3,(H,25,26)/t17-,19-/m0/s1. The van der Waals surface area contributed by atoms with E-state index in [2.05, 4.69) is 30.0 Å². The van der Waals surface area contributed by atoms with Gasteiger partial charge in [0.25, 0.3) is 0 Å². The van der Waals surface area contributed by atoms with E-state index in [0.29, 0.717) is 19.1 Å². The van der Waals surface area contributed by atoms with Crippen molar-refractivity contribution in [3.63, 3.8) is 0 Å². The number of likely N-dealkylation sites (tertiary alicyclic amines) is 1. The van der Waals surface area contributed by atoms with E-state index in [-0.39, 0.29) is 5.92 Å². The van der Waals surface area contributed by atoms with Crippen molar-refractivity contribution in [3.8, 4) is 11.1 Å². The van der Waals surface area contributed by atoms with Crippen molar-refractivity contribution in [2.24, 2.45) is 0 Å². The molecule has 1 fully saturated rings. The first-order valence-corrected chi connectivity index (χ1v) is 9.59. The van der Waals surface area contributed by atoms with Crippen LogP contribution in [0.25, 0.3) is 11.1 Å². The molecule has 0 bridgehead atoms. The second-order valence-corrected chi connectivity index (χ2v) is 8.03. The average molecular weight is 369 g/mol. The summed E-state index contributed by atoms with van der Waals surface area (Å²) in [4.78, 5) is 15.6. The minimum atomic E-state index is -0.803. The van der Waals surface area contributed by atoms with Gasteiger partial charge in [0, 0.05) is 42.3 Å². The summed E-state index contributed by atoms with van der Waals surface area (Å²) < 4.78 is 0. The van der Waals surface area contributed by atoms with Gasteiger partial charge in [0.1, 0.15) is 0 Å². The van der Waals surface area contributed by atoms with Crippen molar-refractivity contribution < 1.29 is 9.90 Å². The Kier molecular flexibility index (Phi) is 3.48. The molecule has 0 aliphatic carbocycles. The van der Waals surface area contributed by atoms with Crippen LogP contribution in [0.15, 0.2) is 30.3 Å². The highest BCUT2D eigenvalue weighted by molar-refractivity contribution is 6.31. The van der Waals surface area contributed by atoms with Crippen molar-refractivity contribution in [3.05, 3.63) is 52.0 Å². The van der Waals surface area contributed by atoms with Crippen LogP contribution in [-0.2, 0) is 6.42 Å². The molecule has 0 aromatic heterocycles. The lowest BCUT2D eigenvalue weighted by Crippen LogP contribution is -2.47. The normalized spacial score (nSPS) is 23.2. The molecular weight excluding hydrogens is 348 g/mol. The lowest BCUT2D eigenvalue weighted by molar-refractivity contribution is 0.127. The number of anilines is 1. The van der Waals surface area contributed by atoms with Gasteiger partial charge in [-0.1, -0.05) is 23.7 Å². The van der Waals surface area contributed by atoms with Gasteiger partial charge in [0.05, 0.1) is 0 Å². The first-order chi connectivity index (χ1) is 12.5. The monoisotopic (exact) mass is 368 g/mol. The number of halogens is 1. The Hall–Kier alpha value is -2.20. The fourth-order valence-electron chi connectivity index (χ4n) is 5.09. The summed E-state index contributed by atoms with van der Waals surface area (Å²) >= 11 is 6.35. The Labute approximate surface area is 158 Å². The van der Waals surface area contributed by atoms with Crippen LogP contribution in [0, 0.1) is 6.92 Å². The third-order valence-electron chi connectivity index (χ3n) is 6.35. The topological polar surface area (TPSA) is 43.8 Å². The number of hydrogen-bond acceptors (Lipinski definition) is 2. The minimum Gasteiger partial charge on any atom is -0.465 e. The molecule has 0 radical (unpaired) electrons. The number of fused-ring (bicyclic) bond motifs is 3. The van der Waals surface area contributed by atoms with Crippen LogP contribution in [0.5, 0.6) is 0 Å². The second-order valence-electron chi connectivity index (χ2n) is 7.62. The van der Waals surface area contributed by atoms with Crippen molar-refractivity contribution in [1.29, 1.82) is 0 Å². The van der Waals surface area contributed by atoms with Gasteiger partial charge in [-0.05, 0) is 65.8 Å². The first-order valence-electron chi connectivity index (χ1n) is 9.21. The number of nitrogens with zero attached hydrogens (tertiary/aromatic N) is 2. The molecule has 2 aromatic rings. The summed E-state index contributed by atoms with van der Waals surface area (Å²) in [5, 5.41) is 10.2. The SMILES string of the molecule is Cc1c(Cl)cccc1-c1cc2c3c(c1)[C@@H]1CN(C(=O)O)CC[C@@H]1N3CC2. The molecule has 1 N–H and O–H groups in total. The van der Waals surface area contributed by atoms with Crippen LogP contribution in [0.2, 0.25) is 5.02 Å². The summed E-state index contributed by atoms with van der Waals surface area (Å²) in [7, 11) is 0. The quantitative estimate of drug-likeness (QED) is 0.804. The van der Waals surface area contributed by atoms with Gasteiger partial charge in [-0.2, -0.15) is 0 Å². The highest BCUT2D eigenvalue weighted by Gasteiger charge is 2.45. The molecule has 0 saturated carbocycles. The molecule has 5 heteroatoms. The fourth-order valence-corrected chi connectivity index (χ4v) is 5.27. The third kappa shape index (κ3) is 2.18. The molecule has 2 aromatic carbocycles.